The number of nitrogens with zero attached hydrogens (tertiary/aromatic N) is 6. The van der Waals surface area contributed by atoms with E-state index in [4.69, 9.17) is 5.73 Å². The van der Waals surface area contributed by atoms with Gasteiger partial charge in [0.2, 0.25) is 17.7 Å². The van der Waals surface area contributed by atoms with Crippen molar-refractivity contribution in [2.75, 3.05) is 43.4 Å². The highest BCUT2D eigenvalue weighted by Gasteiger charge is 2.44. The Balaban J connectivity index is 0.974. The molecule has 6 rings (SSSR count). The van der Waals surface area contributed by atoms with Crippen LogP contribution in [0.25, 0.3) is 21.7 Å². The molecule has 6 N–H and O–H groups in total. The second kappa shape index (κ2) is 18.9. The molecule has 316 valence electrons. The van der Waals surface area contributed by atoms with Crippen LogP contribution in [0.3, 0.4) is 0 Å². The molecule has 0 bridgehead atoms. The standard InChI is InChI=1S/C44H53N9O6S/c1-27(29-15-17-30(18-16-29)39-28(2)46-26-60-39)47-42(58)35-23-31(54)25-53(35)43(59)40(44(3,4)5)48-37(56)13-7-6-8-14-38(57)52-21-19-51(20-22-52)34-24-33(49-50-41(34)45)32-11-9-10-12-36(32)55/h9-12,15-18,24,26-27,31,35,40,54-55H,6,8,14,19-23,25H2,1-5H3,(H2,45,50)(H,47,58)(H,48,56)/t27-,31+,35-,40+/m1/s1. The van der Waals surface area contributed by atoms with E-state index in [-0.39, 0.29) is 48.8 Å². The minimum absolute atomic E-state index is 0.0179. The lowest BCUT2D eigenvalue weighted by atomic mass is 9.85. The van der Waals surface area contributed by atoms with Crippen LogP contribution in [0.4, 0.5) is 11.5 Å². The van der Waals surface area contributed by atoms with Crippen molar-refractivity contribution in [1.82, 2.24) is 35.6 Å². The van der Waals surface area contributed by atoms with Gasteiger partial charge in [-0.3, -0.25) is 19.2 Å². The van der Waals surface area contributed by atoms with Gasteiger partial charge in [-0.2, -0.15) is 0 Å². The van der Waals surface area contributed by atoms with Gasteiger partial charge in [-0.25, -0.2) is 4.98 Å². The van der Waals surface area contributed by atoms with Crippen LogP contribution in [-0.4, -0.2) is 110 Å². The van der Waals surface area contributed by atoms with Crippen LogP contribution in [0.1, 0.15) is 70.7 Å². The molecule has 0 aliphatic carbocycles. The summed E-state index contributed by atoms with van der Waals surface area (Å²) in [5, 5.41) is 34.9. The van der Waals surface area contributed by atoms with E-state index in [1.54, 1.807) is 46.6 Å². The van der Waals surface area contributed by atoms with E-state index in [0.717, 1.165) is 21.7 Å². The highest BCUT2D eigenvalue weighted by Crippen LogP contribution is 2.33. The summed E-state index contributed by atoms with van der Waals surface area (Å²) >= 11 is 1.57. The molecule has 4 amide bonds. The van der Waals surface area contributed by atoms with Crippen molar-refractivity contribution in [3.63, 3.8) is 0 Å². The zero-order valence-corrected chi connectivity index (χ0v) is 35.5. The van der Waals surface area contributed by atoms with Gasteiger partial charge >= 0.3 is 0 Å². The first-order chi connectivity index (χ1) is 28.6. The Morgan fingerprint density at radius 1 is 1.02 bits per heavy atom. The fraction of sp³-hybridized carbons (Fsp3) is 0.432. The number of hydrogen-bond donors (Lipinski definition) is 5. The molecule has 2 saturated heterocycles. The first kappa shape index (κ1) is 43.5. The van der Waals surface area contributed by atoms with Crippen LogP contribution in [0.5, 0.6) is 5.75 Å². The summed E-state index contributed by atoms with van der Waals surface area (Å²) in [7, 11) is 0. The number of phenolic OH excluding ortho intramolecular Hbond substituents is 1. The van der Waals surface area contributed by atoms with Crippen molar-refractivity contribution < 1.29 is 29.4 Å². The topological polar surface area (TPSA) is 207 Å². The van der Waals surface area contributed by atoms with Crippen LogP contribution >= 0.6 is 11.3 Å². The molecule has 0 saturated carbocycles. The number of aryl methyl sites for hydroxylation is 1. The number of phenols is 1. The van der Waals surface area contributed by atoms with E-state index in [1.165, 1.54) is 4.90 Å². The van der Waals surface area contributed by atoms with Crippen molar-refractivity contribution >= 4 is 46.5 Å². The predicted molar refractivity (Wildman–Crippen MR) is 230 cm³/mol. The maximum absolute atomic E-state index is 14.0. The van der Waals surface area contributed by atoms with Gasteiger partial charge in [0.05, 0.1) is 39.6 Å². The number of piperazine rings is 1. The molecular weight excluding hydrogens is 783 g/mol. The minimum Gasteiger partial charge on any atom is -0.507 e. The Bertz CT molecular complexity index is 2260. The fourth-order valence-corrected chi connectivity index (χ4v) is 8.29. The van der Waals surface area contributed by atoms with Gasteiger partial charge in [0.15, 0.2) is 5.82 Å². The molecule has 60 heavy (non-hydrogen) atoms. The van der Waals surface area contributed by atoms with Gasteiger partial charge in [0.1, 0.15) is 17.8 Å². The van der Waals surface area contributed by atoms with Crippen LogP contribution in [0.2, 0.25) is 0 Å². The van der Waals surface area contributed by atoms with Gasteiger partial charge in [0.25, 0.3) is 5.91 Å². The highest BCUT2D eigenvalue weighted by atomic mass is 32.1. The Kier molecular flexibility index (Phi) is 13.7. The number of nitrogens with two attached hydrogens (primary N) is 1. The van der Waals surface area contributed by atoms with E-state index >= 15 is 0 Å². The lowest BCUT2D eigenvalue weighted by Gasteiger charge is -2.36. The van der Waals surface area contributed by atoms with Gasteiger partial charge in [-0.1, -0.05) is 63.1 Å². The summed E-state index contributed by atoms with van der Waals surface area (Å²) in [6.07, 6.45) is 0.182. The van der Waals surface area contributed by atoms with Crippen LogP contribution < -0.4 is 21.3 Å². The molecule has 2 aliphatic rings. The average molecular weight is 836 g/mol. The highest BCUT2D eigenvalue weighted by molar-refractivity contribution is 7.13. The minimum atomic E-state index is -1.02. The van der Waals surface area contributed by atoms with Crippen molar-refractivity contribution in [3.05, 3.63) is 71.4 Å². The van der Waals surface area contributed by atoms with E-state index in [2.05, 4.69) is 37.7 Å². The summed E-state index contributed by atoms with van der Waals surface area (Å²) in [4.78, 5) is 64.3. The molecule has 2 fully saturated rings. The smallest absolute Gasteiger partial charge is 0.296 e. The number of nitrogen functional groups attached to an aromatic ring is 1. The molecular formula is C44H53N9O6S. The Morgan fingerprint density at radius 2 is 1.73 bits per heavy atom. The Hall–Kier alpha value is -6.05. The Labute approximate surface area is 354 Å². The molecule has 2 aromatic heterocycles. The van der Waals surface area contributed by atoms with Crippen LogP contribution in [0.15, 0.2) is 60.1 Å². The normalized spacial score (nSPS) is 17.7. The number of likely N-dealkylation sites (tertiary alicyclic amines) is 1. The van der Waals surface area contributed by atoms with Crippen molar-refractivity contribution in [3.8, 4) is 39.3 Å². The van der Waals surface area contributed by atoms with E-state index in [9.17, 15) is 29.4 Å². The monoisotopic (exact) mass is 835 g/mol. The van der Waals surface area contributed by atoms with Gasteiger partial charge in [0, 0.05) is 57.5 Å². The number of para-hydroxylation sites is 1. The number of β-amino-alcohol motifs (C(OH)–C–C–N with tert-alkyl or cyclic N) is 1. The van der Waals surface area contributed by atoms with E-state index < -0.39 is 35.4 Å². The summed E-state index contributed by atoms with van der Waals surface area (Å²) in [5.74, 6) is 4.23. The number of carbonyl (C=O) groups is 4. The lowest BCUT2D eigenvalue weighted by Crippen LogP contribution is -2.57. The van der Waals surface area contributed by atoms with Crippen molar-refractivity contribution in [1.29, 1.82) is 0 Å². The first-order valence-electron chi connectivity index (χ1n) is 20.1. The largest absolute Gasteiger partial charge is 0.507 e. The number of anilines is 2. The number of rotatable bonds is 11. The molecule has 0 spiro atoms. The zero-order valence-electron chi connectivity index (χ0n) is 34.6. The first-order valence-corrected chi connectivity index (χ1v) is 21.0. The number of nitrogens with one attached hydrogen (secondary N) is 2. The number of benzene rings is 2. The number of aromatic hydroxyl groups is 1. The number of carbonyl (C=O) groups excluding carboxylic acids is 4. The second-order valence-corrected chi connectivity index (χ2v) is 17.2. The summed E-state index contributed by atoms with van der Waals surface area (Å²) in [6, 6.07) is 14.3. The number of aliphatic hydroxyl groups excluding tert-OH is 1. The average Bonchev–Trinajstić information content (AvgIpc) is 3.84. The third-order valence-corrected chi connectivity index (χ3v) is 11.9. The maximum atomic E-state index is 14.0. The van der Waals surface area contributed by atoms with Crippen LogP contribution in [-0.2, 0) is 19.2 Å². The number of aromatic nitrogens is 3. The molecule has 0 unspecified atom stereocenters. The molecule has 0 radical (unpaired) electrons. The summed E-state index contributed by atoms with van der Waals surface area (Å²) < 4.78 is 0. The van der Waals surface area contributed by atoms with Gasteiger partial charge in [-0.15, -0.1) is 21.5 Å². The third kappa shape index (κ3) is 10.4. The summed E-state index contributed by atoms with van der Waals surface area (Å²) in [5.41, 5.74) is 11.9. The second-order valence-electron chi connectivity index (χ2n) is 16.3. The number of hydrogen-bond acceptors (Lipinski definition) is 12. The van der Waals surface area contributed by atoms with E-state index in [1.807, 2.05) is 69.3 Å². The third-order valence-electron chi connectivity index (χ3n) is 10.9. The molecule has 4 atom stereocenters. The van der Waals surface area contributed by atoms with Crippen LogP contribution in [0, 0.1) is 24.2 Å². The summed E-state index contributed by atoms with van der Waals surface area (Å²) in [6.45, 7) is 11.3. The van der Waals surface area contributed by atoms with Gasteiger partial charge < -0.3 is 41.3 Å². The quantitative estimate of drug-likeness (QED) is 0.108. The lowest BCUT2D eigenvalue weighted by molar-refractivity contribution is -0.143. The molecule has 15 nitrogen and oxygen atoms in total. The Morgan fingerprint density at radius 3 is 2.40 bits per heavy atom. The van der Waals surface area contributed by atoms with E-state index in [0.29, 0.717) is 56.0 Å². The zero-order chi connectivity index (χ0) is 43.1. The molecule has 2 aromatic carbocycles. The SMILES string of the molecule is Cc1ncsc1-c1ccc([C@@H](C)NC(=O)[C@H]2C[C@H](O)CN2C(=O)[C@H](NC(=O)C#CCCCC(=O)N2CCN(c3cc(-c4ccccc4O)nnc3N)CC2)C(C)(C)C)cc1. The molecule has 4 aromatic rings. The fourth-order valence-electron chi connectivity index (χ4n) is 7.47. The predicted octanol–water partition coefficient (Wildman–Crippen LogP) is 4.06. The number of amides is 4. The number of aliphatic hydroxyl groups is 1. The number of unbranched alkanes of at least 4 members (excludes halogenated alkanes) is 1. The van der Waals surface area contributed by atoms with Gasteiger partial charge in [-0.05, 0) is 60.9 Å². The van der Waals surface area contributed by atoms with Crippen molar-refractivity contribution in [2.45, 2.75) is 84.5 Å². The molecule has 4 heterocycles. The molecule has 16 heteroatoms. The van der Waals surface area contributed by atoms with Crippen molar-refractivity contribution in [2.24, 2.45) is 5.41 Å². The molecule has 2 aliphatic heterocycles. The maximum Gasteiger partial charge on any atom is 0.296 e. The number of thiazole rings is 1.